The highest BCUT2D eigenvalue weighted by molar-refractivity contribution is 7.20. The van der Waals surface area contributed by atoms with Gasteiger partial charge >= 0.3 is 0 Å². The summed E-state index contributed by atoms with van der Waals surface area (Å²) in [5, 5.41) is 1.30. The van der Waals surface area contributed by atoms with Crippen LogP contribution in [0.1, 0.15) is 30.8 Å². The van der Waals surface area contributed by atoms with E-state index in [9.17, 15) is 9.59 Å². The topological polar surface area (TPSA) is 47.1 Å². The van der Waals surface area contributed by atoms with Crippen LogP contribution in [-0.2, 0) is 4.79 Å². The van der Waals surface area contributed by atoms with Gasteiger partial charge < -0.3 is 14.7 Å². The smallest absolute Gasteiger partial charge is 0.264 e. The van der Waals surface area contributed by atoms with Gasteiger partial charge in [-0.25, -0.2) is 0 Å². The number of hydrogen-bond acceptors (Lipinski definition) is 5. The van der Waals surface area contributed by atoms with Crippen LogP contribution in [0.25, 0.3) is 10.1 Å². The van der Waals surface area contributed by atoms with E-state index in [4.69, 9.17) is 13.0 Å². The number of amides is 2. The van der Waals surface area contributed by atoms with Crippen LogP contribution in [-0.4, -0.2) is 96.9 Å². The third-order valence-corrected chi connectivity index (χ3v) is 7.74. The maximum absolute atomic E-state index is 13.2. The maximum Gasteiger partial charge on any atom is 0.264 e. The molecule has 2 aromatic rings. The molecule has 2 aliphatic heterocycles. The number of piperidine rings is 1. The van der Waals surface area contributed by atoms with Crippen molar-refractivity contribution in [2.45, 2.75) is 25.8 Å². The van der Waals surface area contributed by atoms with Gasteiger partial charge in [0.25, 0.3) is 5.91 Å². The molecule has 1 aromatic carbocycles. The second kappa shape index (κ2) is 11.2. The fourth-order valence-corrected chi connectivity index (χ4v) is 5.72. The molecule has 2 amide bonds. The van der Waals surface area contributed by atoms with Crippen molar-refractivity contribution in [1.29, 1.82) is 0 Å². The SMILES string of the molecule is Cl.[2H]c1c(C(=O)N(CC)CC(=O)N2CCN(C3CCN(C)CC3)CC2)sc2cc(Cl)ccc12. The average molecular weight is 501 g/mol. The van der Waals surface area contributed by atoms with E-state index in [2.05, 4.69) is 16.8 Å². The first kappa shape index (κ1) is 23.8. The third kappa shape index (κ3) is 5.75. The number of piperazine rings is 1. The zero-order valence-corrected chi connectivity index (χ0v) is 21.1. The van der Waals surface area contributed by atoms with E-state index in [0.29, 0.717) is 35.6 Å². The van der Waals surface area contributed by atoms with Gasteiger partial charge in [0.15, 0.2) is 0 Å². The normalized spacial score (nSPS) is 19.0. The number of benzene rings is 1. The van der Waals surface area contributed by atoms with Gasteiger partial charge in [-0.15, -0.1) is 23.7 Å². The lowest BCUT2D eigenvalue weighted by Gasteiger charge is -2.42. The van der Waals surface area contributed by atoms with Gasteiger partial charge in [0.2, 0.25) is 5.91 Å². The Hall–Kier alpha value is -1.38. The average Bonchev–Trinajstić information content (AvgIpc) is 3.13. The minimum atomic E-state index is -0.256. The number of thiophene rings is 1. The summed E-state index contributed by atoms with van der Waals surface area (Å²) >= 11 is 7.34. The molecule has 2 saturated heterocycles. The maximum atomic E-state index is 13.2. The van der Waals surface area contributed by atoms with Crippen LogP contribution in [0.4, 0.5) is 0 Å². The molecular formula is C23H32Cl2N4O2S. The Morgan fingerprint density at radius 1 is 1.19 bits per heavy atom. The number of rotatable bonds is 5. The molecule has 0 atom stereocenters. The summed E-state index contributed by atoms with van der Waals surface area (Å²) < 4.78 is 9.23. The number of likely N-dealkylation sites (N-methyl/N-ethyl adjacent to an activating group) is 1. The van der Waals surface area contributed by atoms with Crippen molar-refractivity contribution >= 4 is 57.2 Å². The predicted molar refractivity (Wildman–Crippen MR) is 134 cm³/mol. The van der Waals surface area contributed by atoms with E-state index in [0.717, 1.165) is 36.3 Å². The Kier molecular flexibility index (Phi) is 8.29. The zero-order chi connectivity index (χ0) is 22.8. The highest BCUT2D eigenvalue weighted by Crippen LogP contribution is 2.29. The number of carbonyl (C=O) groups is 2. The molecule has 0 bridgehead atoms. The summed E-state index contributed by atoms with van der Waals surface area (Å²) in [6.07, 6.45) is 2.39. The predicted octanol–water partition coefficient (Wildman–Crippen LogP) is 3.68. The van der Waals surface area contributed by atoms with E-state index in [1.807, 2.05) is 11.8 Å². The number of carbonyl (C=O) groups excluding carboxylic acids is 2. The Morgan fingerprint density at radius 3 is 2.53 bits per heavy atom. The van der Waals surface area contributed by atoms with Crippen molar-refractivity contribution in [3.63, 3.8) is 0 Å². The molecule has 2 aliphatic rings. The lowest BCUT2D eigenvalue weighted by molar-refractivity contribution is -0.134. The van der Waals surface area contributed by atoms with Crippen LogP contribution in [0.15, 0.2) is 24.2 Å². The molecule has 9 heteroatoms. The Morgan fingerprint density at radius 2 is 1.88 bits per heavy atom. The van der Waals surface area contributed by atoms with Crippen LogP contribution in [0.5, 0.6) is 0 Å². The molecule has 3 heterocycles. The van der Waals surface area contributed by atoms with E-state index in [-0.39, 0.29) is 36.8 Å². The van der Waals surface area contributed by atoms with Gasteiger partial charge in [0.1, 0.15) is 6.54 Å². The molecular weight excluding hydrogens is 467 g/mol. The summed E-state index contributed by atoms with van der Waals surface area (Å²) in [6.45, 7) is 7.84. The number of fused-ring (bicyclic) bond motifs is 1. The Balaban J connectivity index is 0.00000306. The van der Waals surface area contributed by atoms with Crippen molar-refractivity contribution in [1.82, 2.24) is 19.6 Å². The summed E-state index contributed by atoms with van der Waals surface area (Å²) in [5.74, 6) is -0.271. The fourth-order valence-electron chi connectivity index (χ4n) is 4.47. The molecule has 0 aliphatic carbocycles. The van der Waals surface area contributed by atoms with Gasteiger partial charge in [0.05, 0.1) is 6.25 Å². The molecule has 1 aromatic heterocycles. The fraction of sp³-hybridized carbons (Fsp3) is 0.565. The standard InChI is InChI=1S/C23H31ClN4O2S.ClH/c1-3-26(23(30)21-14-17-4-5-18(24)15-20(17)31-21)16-22(29)28-12-10-27(11-13-28)19-6-8-25(2)9-7-19;/h4-5,14-15,19H,3,6-13,16H2,1-2H3;1H/i14D;. The minimum absolute atomic E-state index is 0. The van der Waals surface area contributed by atoms with E-state index in [1.165, 1.54) is 24.2 Å². The third-order valence-electron chi connectivity index (χ3n) is 6.46. The van der Waals surface area contributed by atoms with E-state index in [1.54, 1.807) is 23.1 Å². The lowest BCUT2D eigenvalue weighted by atomic mass is 10.0. The molecule has 2 fully saturated rings. The van der Waals surface area contributed by atoms with Crippen LogP contribution in [0.2, 0.25) is 5.02 Å². The first-order valence-electron chi connectivity index (χ1n) is 11.6. The van der Waals surface area contributed by atoms with Gasteiger partial charge in [-0.2, -0.15) is 0 Å². The Bertz CT molecular complexity index is 988. The summed E-state index contributed by atoms with van der Waals surface area (Å²) in [4.78, 5) is 34.8. The quantitative estimate of drug-likeness (QED) is 0.629. The van der Waals surface area contributed by atoms with Gasteiger partial charge in [0, 0.05) is 48.5 Å². The molecule has 32 heavy (non-hydrogen) atoms. The van der Waals surface area contributed by atoms with Gasteiger partial charge in [-0.1, -0.05) is 17.7 Å². The summed E-state index contributed by atoms with van der Waals surface area (Å²) in [7, 11) is 2.17. The van der Waals surface area contributed by atoms with Crippen molar-refractivity contribution in [3.05, 3.63) is 34.1 Å². The molecule has 0 saturated carbocycles. The summed E-state index contributed by atoms with van der Waals surface area (Å²) in [5.41, 5.74) is 0. The van der Waals surface area contributed by atoms with Crippen LogP contribution < -0.4 is 0 Å². The molecule has 0 radical (unpaired) electrons. The zero-order valence-electron chi connectivity index (χ0n) is 19.7. The molecule has 0 unspecified atom stereocenters. The number of likely N-dealkylation sites (tertiary alicyclic amines) is 1. The minimum Gasteiger partial charge on any atom is -0.339 e. The van der Waals surface area contributed by atoms with Crippen molar-refractivity contribution in [2.75, 3.05) is 59.4 Å². The van der Waals surface area contributed by atoms with Gasteiger partial charge in [-0.05, 0) is 63.5 Å². The molecule has 4 rings (SSSR count). The number of nitrogens with zero attached hydrogens (tertiary/aromatic N) is 4. The van der Waals surface area contributed by atoms with Crippen molar-refractivity contribution in [3.8, 4) is 0 Å². The lowest BCUT2D eigenvalue weighted by Crippen LogP contribution is -2.55. The number of halogens is 2. The molecule has 0 N–H and O–H groups in total. The highest BCUT2D eigenvalue weighted by Gasteiger charge is 2.29. The summed E-state index contributed by atoms with van der Waals surface area (Å²) in [6, 6.07) is 6.12. The van der Waals surface area contributed by atoms with Crippen LogP contribution >= 0.6 is 35.3 Å². The first-order valence-corrected chi connectivity index (χ1v) is 12.2. The molecule has 6 nitrogen and oxygen atoms in total. The Labute approximate surface area is 206 Å². The van der Waals surface area contributed by atoms with E-state index < -0.39 is 0 Å². The number of hydrogen-bond donors (Lipinski definition) is 0. The van der Waals surface area contributed by atoms with Gasteiger partial charge in [-0.3, -0.25) is 14.5 Å². The first-order chi connectivity index (χ1) is 15.4. The monoisotopic (exact) mass is 499 g/mol. The highest BCUT2D eigenvalue weighted by atomic mass is 35.5. The van der Waals surface area contributed by atoms with Crippen LogP contribution in [0.3, 0.4) is 0 Å². The van der Waals surface area contributed by atoms with Crippen LogP contribution in [0, 0.1) is 0 Å². The van der Waals surface area contributed by atoms with Crippen molar-refractivity contribution < 1.29 is 11.0 Å². The van der Waals surface area contributed by atoms with E-state index >= 15 is 0 Å². The largest absolute Gasteiger partial charge is 0.339 e. The molecule has 0 spiro atoms. The second-order valence-electron chi connectivity index (χ2n) is 8.47. The molecule has 176 valence electrons. The van der Waals surface area contributed by atoms with Crippen molar-refractivity contribution in [2.24, 2.45) is 0 Å². The second-order valence-corrected chi connectivity index (χ2v) is 9.96.